The molecule has 1 aromatic heterocycles. The minimum Gasteiger partial charge on any atom is -0.480 e. The standard InChI is InChI=1S/C21H20N2O3/c1-2-17-19-15(14-10-6-7-11-16(14)22-19)12-18(21(25)26)23(17)20(24)13-8-4-3-5-9-13/h3-11,17-18,22H,2,12H2,1H3,(H,25,26)/t17-,18+/m0/s1. The van der Waals surface area contributed by atoms with Crippen molar-refractivity contribution in [3.63, 3.8) is 0 Å². The van der Waals surface area contributed by atoms with Crippen molar-refractivity contribution in [2.24, 2.45) is 0 Å². The quantitative estimate of drug-likeness (QED) is 0.757. The summed E-state index contributed by atoms with van der Waals surface area (Å²) in [6.45, 7) is 1.98. The summed E-state index contributed by atoms with van der Waals surface area (Å²) in [6.07, 6.45) is 0.950. The molecule has 1 amide bonds. The van der Waals surface area contributed by atoms with E-state index in [-0.39, 0.29) is 11.9 Å². The number of carbonyl (C=O) groups is 2. The average molecular weight is 348 g/mol. The summed E-state index contributed by atoms with van der Waals surface area (Å²) in [5, 5.41) is 10.9. The van der Waals surface area contributed by atoms with E-state index >= 15 is 0 Å². The third-order valence-electron chi connectivity index (χ3n) is 5.18. The van der Waals surface area contributed by atoms with E-state index in [1.54, 1.807) is 24.3 Å². The van der Waals surface area contributed by atoms with Crippen molar-refractivity contribution in [2.45, 2.75) is 31.8 Å². The molecule has 5 nitrogen and oxygen atoms in total. The second-order valence-electron chi connectivity index (χ2n) is 6.62. The van der Waals surface area contributed by atoms with Crippen molar-refractivity contribution in [2.75, 3.05) is 0 Å². The molecule has 3 aromatic rings. The van der Waals surface area contributed by atoms with Gasteiger partial charge in [-0.15, -0.1) is 0 Å². The molecular weight excluding hydrogens is 328 g/mol. The van der Waals surface area contributed by atoms with E-state index in [2.05, 4.69) is 4.98 Å². The summed E-state index contributed by atoms with van der Waals surface area (Å²) >= 11 is 0. The Bertz CT molecular complexity index is 977. The zero-order valence-corrected chi connectivity index (χ0v) is 14.5. The number of aromatic nitrogens is 1. The van der Waals surface area contributed by atoms with Crippen LogP contribution in [0.15, 0.2) is 54.6 Å². The second kappa shape index (κ2) is 6.33. The van der Waals surface area contributed by atoms with Crippen molar-refractivity contribution in [1.29, 1.82) is 0 Å². The molecule has 2 N–H and O–H groups in total. The van der Waals surface area contributed by atoms with E-state index in [9.17, 15) is 14.7 Å². The van der Waals surface area contributed by atoms with Crippen LogP contribution in [0.3, 0.4) is 0 Å². The molecule has 0 radical (unpaired) electrons. The first-order valence-electron chi connectivity index (χ1n) is 8.81. The predicted octanol–water partition coefficient (Wildman–Crippen LogP) is 3.77. The number of rotatable bonds is 3. The van der Waals surface area contributed by atoms with Gasteiger partial charge in [0.05, 0.1) is 6.04 Å². The van der Waals surface area contributed by atoms with Crippen molar-refractivity contribution in [1.82, 2.24) is 9.88 Å². The number of aliphatic carboxylic acids is 1. The van der Waals surface area contributed by atoms with Gasteiger partial charge in [0.25, 0.3) is 5.91 Å². The maximum atomic E-state index is 13.2. The number of nitrogens with zero attached hydrogens (tertiary/aromatic N) is 1. The Morgan fingerprint density at radius 1 is 1.12 bits per heavy atom. The number of carboxylic acid groups (broad SMARTS) is 1. The summed E-state index contributed by atoms with van der Waals surface area (Å²) in [4.78, 5) is 30.1. The molecule has 1 aliphatic rings. The van der Waals surface area contributed by atoms with E-state index < -0.39 is 12.0 Å². The van der Waals surface area contributed by atoms with Crippen molar-refractivity contribution in [3.8, 4) is 0 Å². The Labute approximate surface area is 151 Å². The fraction of sp³-hybridized carbons (Fsp3) is 0.238. The molecule has 1 aliphatic heterocycles. The van der Waals surface area contributed by atoms with Crippen molar-refractivity contribution in [3.05, 3.63) is 71.4 Å². The molecule has 5 heteroatoms. The van der Waals surface area contributed by atoms with E-state index in [1.165, 1.54) is 4.90 Å². The Hall–Kier alpha value is -3.08. The van der Waals surface area contributed by atoms with Crippen LogP contribution < -0.4 is 0 Å². The minimum atomic E-state index is -0.969. The number of fused-ring (bicyclic) bond motifs is 3. The van der Waals surface area contributed by atoms with Crippen LogP contribution in [0.25, 0.3) is 10.9 Å². The van der Waals surface area contributed by atoms with Gasteiger partial charge in [-0.25, -0.2) is 4.79 Å². The van der Waals surface area contributed by atoms with Crippen LogP contribution in [0, 0.1) is 0 Å². The van der Waals surface area contributed by atoms with Crippen molar-refractivity contribution >= 4 is 22.8 Å². The molecular formula is C21H20N2O3. The summed E-state index contributed by atoms with van der Waals surface area (Å²) in [5.74, 6) is -1.21. The molecule has 0 saturated carbocycles. The van der Waals surface area contributed by atoms with Crippen LogP contribution in [0.5, 0.6) is 0 Å². The lowest BCUT2D eigenvalue weighted by atomic mass is 9.89. The maximum absolute atomic E-state index is 13.2. The van der Waals surface area contributed by atoms with E-state index in [4.69, 9.17) is 0 Å². The zero-order valence-electron chi connectivity index (χ0n) is 14.5. The zero-order chi connectivity index (χ0) is 18.3. The van der Waals surface area contributed by atoms with Gasteiger partial charge in [0.15, 0.2) is 0 Å². The predicted molar refractivity (Wildman–Crippen MR) is 99.1 cm³/mol. The third kappa shape index (κ3) is 2.47. The first-order valence-corrected chi connectivity index (χ1v) is 8.81. The smallest absolute Gasteiger partial charge is 0.326 e. The number of hydrogen-bond acceptors (Lipinski definition) is 2. The van der Waals surface area contributed by atoms with Crippen LogP contribution in [-0.2, 0) is 11.2 Å². The number of nitrogens with one attached hydrogen (secondary N) is 1. The number of H-pyrrole nitrogens is 1. The Morgan fingerprint density at radius 3 is 2.50 bits per heavy atom. The molecule has 0 saturated heterocycles. The lowest BCUT2D eigenvalue weighted by Crippen LogP contribution is -2.51. The van der Waals surface area contributed by atoms with Crippen LogP contribution >= 0.6 is 0 Å². The number of aromatic amines is 1. The van der Waals surface area contributed by atoms with Gasteiger partial charge in [-0.05, 0) is 30.2 Å². The second-order valence-corrected chi connectivity index (χ2v) is 6.62. The first-order chi connectivity index (χ1) is 12.6. The van der Waals surface area contributed by atoms with Gasteiger partial charge in [0, 0.05) is 28.6 Å². The van der Waals surface area contributed by atoms with Crippen LogP contribution in [0.2, 0.25) is 0 Å². The number of carboxylic acids is 1. The molecule has 0 fully saturated rings. The highest BCUT2D eigenvalue weighted by molar-refractivity contribution is 5.98. The first kappa shape index (κ1) is 16.4. The molecule has 2 atom stereocenters. The third-order valence-corrected chi connectivity index (χ3v) is 5.18. The fourth-order valence-electron chi connectivity index (χ4n) is 3.99. The summed E-state index contributed by atoms with van der Waals surface area (Å²) in [7, 11) is 0. The van der Waals surface area contributed by atoms with Gasteiger partial charge in [-0.2, -0.15) is 0 Å². The molecule has 0 spiro atoms. The lowest BCUT2D eigenvalue weighted by Gasteiger charge is -2.40. The Morgan fingerprint density at radius 2 is 1.81 bits per heavy atom. The fourth-order valence-corrected chi connectivity index (χ4v) is 3.99. The molecule has 4 rings (SSSR count). The van der Waals surface area contributed by atoms with E-state index in [0.717, 1.165) is 22.2 Å². The average Bonchev–Trinajstić information content (AvgIpc) is 3.05. The monoisotopic (exact) mass is 348 g/mol. The largest absolute Gasteiger partial charge is 0.480 e. The van der Waals surface area contributed by atoms with Gasteiger partial charge in [0.1, 0.15) is 6.04 Å². The molecule has 2 aromatic carbocycles. The minimum absolute atomic E-state index is 0.242. The molecule has 0 aliphatic carbocycles. The SMILES string of the molecule is CC[C@H]1c2[nH]c3ccccc3c2C[C@H](C(=O)O)N1C(=O)c1ccccc1. The Kier molecular flexibility index (Phi) is 3.99. The number of amides is 1. The summed E-state index contributed by atoms with van der Waals surface area (Å²) in [6, 6.07) is 15.6. The van der Waals surface area contributed by atoms with Crippen LogP contribution in [-0.4, -0.2) is 32.9 Å². The molecule has 2 heterocycles. The van der Waals surface area contributed by atoms with Gasteiger partial charge in [-0.1, -0.05) is 43.3 Å². The van der Waals surface area contributed by atoms with Gasteiger partial charge < -0.3 is 15.0 Å². The van der Waals surface area contributed by atoms with Gasteiger partial charge in [0.2, 0.25) is 0 Å². The maximum Gasteiger partial charge on any atom is 0.326 e. The van der Waals surface area contributed by atoms with E-state index in [1.807, 2.05) is 37.3 Å². The normalized spacial score (nSPS) is 19.3. The van der Waals surface area contributed by atoms with Crippen LogP contribution in [0.4, 0.5) is 0 Å². The lowest BCUT2D eigenvalue weighted by molar-refractivity contribution is -0.143. The van der Waals surface area contributed by atoms with E-state index in [0.29, 0.717) is 18.4 Å². The number of carbonyl (C=O) groups excluding carboxylic acids is 1. The highest BCUT2D eigenvalue weighted by Crippen LogP contribution is 2.39. The van der Waals surface area contributed by atoms with Gasteiger partial charge in [-0.3, -0.25) is 4.79 Å². The summed E-state index contributed by atoms with van der Waals surface area (Å²) < 4.78 is 0. The van der Waals surface area contributed by atoms with Crippen molar-refractivity contribution < 1.29 is 14.7 Å². The topological polar surface area (TPSA) is 73.4 Å². The number of para-hydroxylation sites is 1. The van der Waals surface area contributed by atoms with Gasteiger partial charge >= 0.3 is 5.97 Å². The molecule has 132 valence electrons. The molecule has 0 bridgehead atoms. The summed E-state index contributed by atoms with van der Waals surface area (Å²) in [5.41, 5.74) is 3.46. The highest BCUT2D eigenvalue weighted by Gasteiger charge is 2.42. The highest BCUT2D eigenvalue weighted by atomic mass is 16.4. The molecule has 26 heavy (non-hydrogen) atoms. The molecule has 0 unspecified atom stereocenters. The number of hydrogen-bond donors (Lipinski definition) is 2. The Balaban J connectivity index is 1.87. The van der Waals surface area contributed by atoms with Crippen LogP contribution in [0.1, 0.15) is 41.0 Å². The number of benzene rings is 2.